The minimum atomic E-state index is -0.237. The Morgan fingerprint density at radius 3 is 2.74 bits per heavy atom. The van der Waals surface area contributed by atoms with Crippen LogP contribution in [0.4, 0.5) is 4.39 Å². The Labute approximate surface area is 113 Å². The van der Waals surface area contributed by atoms with Gasteiger partial charge in [-0.3, -0.25) is 4.79 Å². The molecule has 0 aliphatic heterocycles. The lowest BCUT2D eigenvalue weighted by molar-refractivity contribution is -0.121. The number of carbonyl (C=O) groups is 1. The summed E-state index contributed by atoms with van der Waals surface area (Å²) >= 11 is 0. The molecule has 1 unspecified atom stereocenters. The van der Waals surface area contributed by atoms with E-state index >= 15 is 0 Å². The highest BCUT2D eigenvalue weighted by molar-refractivity contribution is 5.78. The number of amides is 1. The maximum absolute atomic E-state index is 13.6. The minimum absolute atomic E-state index is 0.00455. The number of hydrogen-bond acceptors (Lipinski definition) is 2. The van der Waals surface area contributed by atoms with Crippen LogP contribution in [-0.2, 0) is 4.79 Å². The second-order valence-corrected chi connectivity index (χ2v) is 5.17. The molecule has 0 bridgehead atoms. The molecule has 0 spiro atoms. The summed E-state index contributed by atoms with van der Waals surface area (Å²) in [6.07, 6.45) is 4.55. The fraction of sp³-hybridized carbons (Fsp3) is 0.533. The van der Waals surface area contributed by atoms with Crippen molar-refractivity contribution in [3.63, 3.8) is 0 Å². The molecule has 0 saturated heterocycles. The molecule has 19 heavy (non-hydrogen) atoms. The average molecular weight is 264 g/mol. The van der Waals surface area contributed by atoms with E-state index in [0.717, 1.165) is 12.8 Å². The van der Waals surface area contributed by atoms with E-state index in [9.17, 15) is 9.18 Å². The lowest BCUT2D eigenvalue weighted by Crippen LogP contribution is -2.39. The molecule has 0 heterocycles. The highest BCUT2D eigenvalue weighted by atomic mass is 19.1. The van der Waals surface area contributed by atoms with Crippen LogP contribution >= 0.6 is 0 Å². The summed E-state index contributed by atoms with van der Waals surface area (Å²) in [4.78, 5) is 11.8. The number of benzene rings is 1. The van der Waals surface area contributed by atoms with E-state index in [-0.39, 0.29) is 24.3 Å². The molecule has 104 valence electrons. The van der Waals surface area contributed by atoms with Gasteiger partial charge in [0.05, 0.1) is 6.54 Å². The van der Waals surface area contributed by atoms with Crippen molar-refractivity contribution in [2.24, 2.45) is 0 Å². The summed E-state index contributed by atoms with van der Waals surface area (Å²) in [6, 6.07) is 6.80. The molecule has 0 radical (unpaired) electrons. The zero-order valence-electron chi connectivity index (χ0n) is 11.3. The van der Waals surface area contributed by atoms with E-state index < -0.39 is 0 Å². The highest BCUT2D eigenvalue weighted by Gasteiger charge is 2.17. The van der Waals surface area contributed by atoms with E-state index in [1.807, 2.05) is 6.92 Å². The van der Waals surface area contributed by atoms with Crippen LogP contribution in [0.3, 0.4) is 0 Å². The molecule has 4 heteroatoms. The van der Waals surface area contributed by atoms with E-state index in [1.165, 1.54) is 18.9 Å². The number of nitrogens with one attached hydrogen (secondary N) is 2. The maximum atomic E-state index is 13.6. The first kappa shape index (κ1) is 14.0. The van der Waals surface area contributed by atoms with Gasteiger partial charge < -0.3 is 10.6 Å². The van der Waals surface area contributed by atoms with Gasteiger partial charge in [-0.25, -0.2) is 4.39 Å². The van der Waals surface area contributed by atoms with Crippen molar-refractivity contribution >= 4 is 5.91 Å². The lowest BCUT2D eigenvalue weighted by Gasteiger charge is -2.16. The summed E-state index contributed by atoms with van der Waals surface area (Å²) in [5.41, 5.74) is 0.594. The van der Waals surface area contributed by atoms with Crippen LogP contribution in [0.25, 0.3) is 0 Å². The van der Waals surface area contributed by atoms with Gasteiger partial charge in [-0.1, -0.05) is 31.0 Å². The van der Waals surface area contributed by atoms with Gasteiger partial charge in [0.1, 0.15) is 5.82 Å². The van der Waals surface area contributed by atoms with Crippen LogP contribution in [0.1, 0.15) is 44.2 Å². The Kier molecular flexibility index (Phi) is 4.91. The molecule has 1 saturated carbocycles. The first-order valence-corrected chi connectivity index (χ1v) is 6.94. The van der Waals surface area contributed by atoms with E-state index in [0.29, 0.717) is 11.6 Å². The normalized spacial score (nSPS) is 17.4. The Morgan fingerprint density at radius 2 is 2.05 bits per heavy atom. The number of carbonyl (C=O) groups excluding carboxylic acids is 1. The van der Waals surface area contributed by atoms with Crippen molar-refractivity contribution < 1.29 is 9.18 Å². The zero-order valence-corrected chi connectivity index (χ0v) is 11.3. The second kappa shape index (κ2) is 6.66. The van der Waals surface area contributed by atoms with E-state index in [1.54, 1.807) is 18.2 Å². The standard InChI is InChI=1S/C15H21FN2O/c1-11(13-8-4-5-9-14(13)16)17-10-15(19)18-12-6-2-3-7-12/h4-5,8-9,11-12,17H,2-3,6-7,10H2,1H3,(H,18,19). The summed E-state index contributed by atoms with van der Waals surface area (Å²) in [5, 5.41) is 6.07. The third kappa shape index (κ3) is 4.03. The first-order chi connectivity index (χ1) is 9.16. The van der Waals surface area contributed by atoms with Crippen LogP contribution in [-0.4, -0.2) is 18.5 Å². The van der Waals surface area contributed by atoms with Crippen LogP contribution in [0, 0.1) is 5.82 Å². The predicted octanol–water partition coefficient (Wildman–Crippen LogP) is 2.54. The first-order valence-electron chi connectivity index (χ1n) is 6.94. The number of halogens is 1. The summed E-state index contributed by atoms with van der Waals surface area (Å²) in [7, 11) is 0. The molecule has 1 aliphatic carbocycles. The van der Waals surface area contributed by atoms with Gasteiger partial charge >= 0.3 is 0 Å². The quantitative estimate of drug-likeness (QED) is 0.858. The van der Waals surface area contributed by atoms with Crippen LogP contribution in [0.15, 0.2) is 24.3 Å². The van der Waals surface area contributed by atoms with Crippen molar-refractivity contribution in [3.8, 4) is 0 Å². The van der Waals surface area contributed by atoms with Gasteiger partial charge in [0.2, 0.25) is 5.91 Å². The molecular weight excluding hydrogens is 243 g/mol. The molecule has 1 aromatic carbocycles. The van der Waals surface area contributed by atoms with Gasteiger partial charge in [-0.2, -0.15) is 0 Å². The molecule has 2 rings (SSSR count). The maximum Gasteiger partial charge on any atom is 0.234 e. The Balaban J connectivity index is 1.78. The smallest absolute Gasteiger partial charge is 0.234 e. The lowest BCUT2D eigenvalue weighted by atomic mass is 10.1. The number of rotatable bonds is 5. The van der Waals surface area contributed by atoms with Crippen molar-refractivity contribution in [2.75, 3.05) is 6.54 Å². The van der Waals surface area contributed by atoms with E-state index in [4.69, 9.17) is 0 Å². The molecule has 1 fully saturated rings. The van der Waals surface area contributed by atoms with E-state index in [2.05, 4.69) is 10.6 Å². The molecule has 1 amide bonds. The second-order valence-electron chi connectivity index (χ2n) is 5.17. The highest BCUT2D eigenvalue weighted by Crippen LogP contribution is 2.18. The van der Waals surface area contributed by atoms with Crippen LogP contribution in [0.2, 0.25) is 0 Å². The summed E-state index contributed by atoms with van der Waals surface area (Å²) in [5.74, 6) is -0.242. The zero-order chi connectivity index (χ0) is 13.7. The van der Waals surface area contributed by atoms with Crippen molar-refractivity contribution in [2.45, 2.75) is 44.7 Å². The Morgan fingerprint density at radius 1 is 1.37 bits per heavy atom. The van der Waals surface area contributed by atoms with Gasteiger partial charge in [-0.05, 0) is 25.8 Å². The molecule has 1 aromatic rings. The summed E-state index contributed by atoms with van der Waals surface area (Å²) < 4.78 is 13.6. The van der Waals surface area contributed by atoms with Crippen molar-refractivity contribution in [1.82, 2.24) is 10.6 Å². The molecule has 1 aliphatic rings. The predicted molar refractivity (Wildman–Crippen MR) is 73.2 cm³/mol. The molecule has 2 N–H and O–H groups in total. The van der Waals surface area contributed by atoms with Crippen molar-refractivity contribution in [1.29, 1.82) is 0 Å². The molecule has 0 aromatic heterocycles. The topological polar surface area (TPSA) is 41.1 Å². The fourth-order valence-electron chi connectivity index (χ4n) is 2.53. The third-order valence-corrected chi connectivity index (χ3v) is 3.66. The van der Waals surface area contributed by atoms with Crippen LogP contribution < -0.4 is 10.6 Å². The average Bonchev–Trinajstić information content (AvgIpc) is 2.89. The summed E-state index contributed by atoms with van der Waals surface area (Å²) in [6.45, 7) is 2.09. The van der Waals surface area contributed by atoms with Crippen molar-refractivity contribution in [3.05, 3.63) is 35.6 Å². The fourth-order valence-corrected chi connectivity index (χ4v) is 2.53. The van der Waals surface area contributed by atoms with Gasteiger partial charge in [0.25, 0.3) is 0 Å². The third-order valence-electron chi connectivity index (χ3n) is 3.66. The Bertz CT molecular complexity index is 430. The van der Waals surface area contributed by atoms with Gasteiger partial charge in [0, 0.05) is 17.6 Å². The largest absolute Gasteiger partial charge is 0.352 e. The monoisotopic (exact) mass is 264 g/mol. The Hall–Kier alpha value is -1.42. The van der Waals surface area contributed by atoms with Crippen LogP contribution in [0.5, 0.6) is 0 Å². The molecular formula is C15H21FN2O. The molecule has 1 atom stereocenters. The van der Waals surface area contributed by atoms with Gasteiger partial charge in [-0.15, -0.1) is 0 Å². The minimum Gasteiger partial charge on any atom is -0.352 e. The van der Waals surface area contributed by atoms with Gasteiger partial charge in [0.15, 0.2) is 0 Å². The number of hydrogen-bond donors (Lipinski definition) is 2. The SMILES string of the molecule is CC(NCC(=O)NC1CCCC1)c1ccccc1F. The molecule has 3 nitrogen and oxygen atoms in total.